The summed E-state index contributed by atoms with van der Waals surface area (Å²) in [6, 6.07) is 14.1. The Bertz CT molecular complexity index is 3990. The van der Waals surface area contributed by atoms with Crippen LogP contribution in [0.25, 0.3) is 39.5 Å². The molecule has 98 heavy (non-hydrogen) atoms. The normalized spacial score (nSPS) is 19.1. The molecule has 0 saturated carbocycles. The van der Waals surface area contributed by atoms with Crippen LogP contribution in [0.5, 0.6) is 5.75 Å². The molecule has 9 N–H and O–H groups in total. The van der Waals surface area contributed by atoms with Crippen LogP contribution in [0.15, 0.2) is 103 Å². The first-order valence-corrected chi connectivity index (χ1v) is 34.1. The summed E-state index contributed by atoms with van der Waals surface area (Å²) in [5, 5.41) is 46.9. The number of benzene rings is 3. The number of nitrogens with one attached hydrogen (secondary N) is 3. The lowest BCUT2D eigenvalue weighted by molar-refractivity contribution is -0.116. The summed E-state index contributed by atoms with van der Waals surface area (Å²) in [4.78, 5) is 94.6. The number of ether oxygens (including phenoxy) is 7. The number of rotatable bonds is 42. The molecule has 8 rings (SSSR count). The van der Waals surface area contributed by atoms with Gasteiger partial charge in [-0.1, -0.05) is 12.8 Å². The molecule has 534 valence electrons. The van der Waals surface area contributed by atoms with Gasteiger partial charge in [-0.05, 0) is 73.0 Å². The van der Waals surface area contributed by atoms with E-state index in [0.717, 1.165) is 24.9 Å². The molecule has 2 aromatic heterocycles. The number of anilines is 1. The fourth-order valence-corrected chi connectivity index (χ4v) is 12.2. The van der Waals surface area contributed by atoms with Crippen LogP contribution in [0, 0.1) is 0 Å². The lowest BCUT2D eigenvalue weighted by Gasteiger charge is -2.22. The largest absolute Gasteiger partial charge is 0.508 e. The number of hydrogen-bond acceptors (Lipinski definition) is 28. The maximum atomic E-state index is 13.5. The topological polar surface area (TPSA) is 456 Å². The van der Waals surface area contributed by atoms with Crippen LogP contribution in [-0.2, 0) is 74.2 Å². The van der Waals surface area contributed by atoms with E-state index in [4.69, 9.17) is 70.5 Å². The molecule has 2 fully saturated rings. The first-order valence-electron chi connectivity index (χ1n) is 31.1. The number of aromatic hydroxyl groups is 1. The van der Waals surface area contributed by atoms with Crippen LogP contribution in [-0.4, -0.2) is 202 Å². The highest BCUT2D eigenvalue weighted by atomic mass is 31.2. The summed E-state index contributed by atoms with van der Waals surface area (Å²) in [7, 11) is -6.04. The number of H-pyrrole nitrogens is 1. The third kappa shape index (κ3) is 21.9. The van der Waals surface area contributed by atoms with E-state index < -0.39 is 93.8 Å². The Balaban J connectivity index is 0.645. The number of carboxylic acid groups (broad SMARTS) is 1. The number of nitrogens with zero attached hydrogens (tertiary/aromatic N) is 3. The molecular formula is C62H79N7O27P2. The van der Waals surface area contributed by atoms with Crippen LogP contribution in [0.1, 0.15) is 77.3 Å². The standard InChI is InChI=1S/C62H79N7O27P2/c1-83-97(81,92-38-52-47(73)34-55(95-52)68-18-15-53(63)66-61(68)79)90-29-27-88-25-23-86-21-19-85-20-22-87-24-26-89-28-30-91-98(82,84-2)96-50-35-56(94-51(50)37-70)69-36-40(59(76)67-62(69)80)8-14-54(74)64-16-5-3-4-6-17-65-58(75)39-7-11-43(60(77)78)46(31-39)57-44-12-9-41(71)32-48(44)93-49-33-42(72)10-13-45(49)57/h7-15,18,31-33,36,47,50-52,55-56,70-71,73H,3-6,16-17,19-30,34-35,37-38H2,1-2H3,(H,64,74)(H,65,75)(H,77,78)(H2,63,66,79)(H,67,76,80)/t47-,50-,51-,52-,55-,56-,97?,98?/m1/s1. The number of phosphoric acid groups is 2. The molecule has 4 aromatic rings. The van der Waals surface area contributed by atoms with Crippen LogP contribution in [0.3, 0.4) is 0 Å². The number of carbonyl (C=O) groups is 3. The molecule has 2 aromatic carbocycles. The first kappa shape index (κ1) is 76.1. The van der Waals surface area contributed by atoms with Crippen molar-refractivity contribution in [3.63, 3.8) is 0 Å². The number of nitrogen functional groups attached to an aromatic ring is 1. The Labute approximate surface area is 559 Å². The van der Waals surface area contributed by atoms with Crippen molar-refractivity contribution >= 4 is 56.3 Å². The third-order valence-corrected chi connectivity index (χ3v) is 18.0. The second-order valence-electron chi connectivity index (χ2n) is 21.9. The zero-order chi connectivity index (χ0) is 70.2. The number of phosphoric ester groups is 2. The van der Waals surface area contributed by atoms with Gasteiger partial charge in [-0.2, -0.15) is 4.98 Å². The molecule has 0 radical (unpaired) electrons. The molecule has 8 atom stereocenters. The number of fused-ring (bicyclic) bond motifs is 2. The number of phenols is 1. The average molecular weight is 1420 g/mol. The van der Waals surface area contributed by atoms with E-state index in [9.17, 15) is 63.1 Å². The fraction of sp³-hybridized carbons (Fsp3) is 0.484. The third-order valence-electron chi connectivity index (χ3n) is 15.1. The molecule has 1 aliphatic carbocycles. The van der Waals surface area contributed by atoms with Gasteiger partial charge in [0.15, 0.2) is 5.43 Å². The molecule has 36 heteroatoms. The molecule has 2 amide bonds. The van der Waals surface area contributed by atoms with Crippen LogP contribution in [0.2, 0.25) is 0 Å². The molecular weight excluding hydrogens is 1340 g/mol. The van der Waals surface area contributed by atoms with Crippen molar-refractivity contribution < 1.29 is 109 Å². The Morgan fingerprint density at radius 1 is 0.724 bits per heavy atom. The van der Waals surface area contributed by atoms with E-state index in [1.54, 1.807) is 6.07 Å². The summed E-state index contributed by atoms with van der Waals surface area (Å²) in [6.07, 6.45) is 1.24. The van der Waals surface area contributed by atoms with Crippen molar-refractivity contribution in [3.05, 3.63) is 137 Å². The van der Waals surface area contributed by atoms with Crippen LogP contribution in [0.4, 0.5) is 5.82 Å². The highest BCUT2D eigenvalue weighted by molar-refractivity contribution is 7.48. The van der Waals surface area contributed by atoms with Gasteiger partial charge in [-0.15, -0.1) is 0 Å². The molecule has 2 unspecified atom stereocenters. The Morgan fingerprint density at radius 3 is 1.98 bits per heavy atom. The fourth-order valence-electron chi connectivity index (χ4n) is 10.2. The average Bonchev–Trinajstić information content (AvgIpc) is 0.954. The number of hydrogen-bond donors (Lipinski definition) is 8. The zero-order valence-electron chi connectivity index (χ0n) is 53.6. The molecule has 34 nitrogen and oxygen atoms in total. The van der Waals surface area contributed by atoms with E-state index in [-0.39, 0.29) is 156 Å². The summed E-state index contributed by atoms with van der Waals surface area (Å²) >= 11 is 0. The van der Waals surface area contributed by atoms with Gasteiger partial charge >= 0.3 is 33.0 Å². The number of aliphatic hydroxyl groups excluding tert-OH is 2. The molecule has 5 heterocycles. The van der Waals surface area contributed by atoms with Gasteiger partial charge in [0, 0.05) is 92.8 Å². The van der Waals surface area contributed by atoms with Gasteiger partial charge in [-0.25, -0.2) is 23.5 Å². The van der Waals surface area contributed by atoms with E-state index in [1.807, 2.05) is 0 Å². The highest BCUT2D eigenvalue weighted by Crippen LogP contribution is 2.53. The summed E-state index contributed by atoms with van der Waals surface area (Å²) in [5.74, 6) is -2.11. The molecule has 0 bridgehead atoms. The Hall–Kier alpha value is -7.70. The van der Waals surface area contributed by atoms with Crippen molar-refractivity contribution in [1.29, 1.82) is 0 Å². The van der Waals surface area contributed by atoms with E-state index >= 15 is 0 Å². The number of aromatic nitrogens is 4. The molecule has 3 aliphatic heterocycles. The molecule has 2 saturated heterocycles. The van der Waals surface area contributed by atoms with Crippen molar-refractivity contribution in [3.8, 4) is 28.2 Å². The predicted molar refractivity (Wildman–Crippen MR) is 346 cm³/mol. The zero-order valence-corrected chi connectivity index (χ0v) is 55.4. The van der Waals surface area contributed by atoms with Crippen molar-refractivity contribution in [2.45, 2.75) is 75.4 Å². The van der Waals surface area contributed by atoms with E-state index in [0.29, 0.717) is 48.7 Å². The smallest absolute Gasteiger partial charge is 0.474 e. The van der Waals surface area contributed by atoms with Crippen molar-refractivity contribution in [2.75, 3.05) is 126 Å². The predicted octanol–water partition coefficient (Wildman–Crippen LogP) is 3.73. The number of aromatic amines is 1. The van der Waals surface area contributed by atoms with Gasteiger partial charge in [0.05, 0.1) is 110 Å². The highest BCUT2D eigenvalue weighted by Gasteiger charge is 2.43. The number of unbranched alkanes of at least 4 members (excludes halogenated alkanes) is 3. The number of aliphatic hydroxyl groups is 2. The van der Waals surface area contributed by atoms with Gasteiger partial charge in [0.2, 0.25) is 5.91 Å². The lowest BCUT2D eigenvalue weighted by atomic mass is 9.89. The summed E-state index contributed by atoms with van der Waals surface area (Å²) in [5.41, 5.74) is 4.15. The van der Waals surface area contributed by atoms with Crippen LogP contribution < -0.4 is 38.7 Å². The number of amides is 2. The number of aromatic carboxylic acids is 1. The maximum absolute atomic E-state index is 13.5. The minimum absolute atomic E-state index is 0.0290. The maximum Gasteiger partial charge on any atom is 0.474 e. The first-order chi connectivity index (χ1) is 47.2. The SMILES string of the molecule is COP(=O)(OCCOCCOCCOCCOCCOCCOP(=O)(OC)O[C@@H]1C[C@H](n2cc(C=CC(=O)NCCCCCCNC(=O)c3ccc(C(=O)O)c(-c4c5ccc(=O)cc-5oc5cc(O)ccc45)c3)c(=O)[nH]c2=O)O[C@@H]1CO)OC[C@H]1O[C@@H](n2ccc(N)nc2=O)C[C@H]1O. The summed E-state index contributed by atoms with van der Waals surface area (Å²) in [6.45, 7) is 1.16. The van der Waals surface area contributed by atoms with Gasteiger partial charge < -0.3 is 74.4 Å². The minimum Gasteiger partial charge on any atom is -0.508 e. The second kappa shape index (κ2) is 37.5. The molecule has 4 aliphatic rings. The van der Waals surface area contributed by atoms with E-state index in [1.165, 1.54) is 77.6 Å². The molecule has 0 spiro atoms. The number of carboxylic acids is 1. The minimum atomic E-state index is -4.26. The van der Waals surface area contributed by atoms with E-state index in [2.05, 4.69) is 20.6 Å². The monoisotopic (exact) mass is 1420 g/mol. The number of phenolic OH excluding ortho intramolecular Hbond substituents is 1. The Morgan fingerprint density at radius 2 is 1.35 bits per heavy atom. The summed E-state index contributed by atoms with van der Waals surface area (Å²) < 4.78 is 105. The van der Waals surface area contributed by atoms with Gasteiger partial charge in [0.1, 0.15) is 53.7 Å². The van der Waals surface area contributed by atoms with Gasteiger partial charge in [-0.3, -0.25) is 60.4 Å². The second-order valence-corrected chi connectivity index (χ2v) is 25.4. The van der Waals surface area contributed by atoms with Crippen molar-refractivity contribution in [2.24, 2.45) is 0 Å². The Kier molecular flexibility index (Phi) is 29.1. The quantitative estimate of drug-likeness (QED) is 0.0117. The lowest BCUT2D eigenvalue weighted by Crippen LogP contribution is -2.33. The van der Waals surface area contributed by atoms with Crippen molar-refractivity contribution in [1.82, 2.24) is 29.7 Å². The van der Waals surface area contributed by atoms with Crippen LogP contribution >= 0.6 is 15.6 Å². The van der Waals surface area contributed by atoms with Gasteiger partial charge in [0.25, 0.3) is 11.5 Å². The number of nitrogens with two attached hydrogens (primary N) is 1. The number of carbonyl (C=O) groups excluding carboxylic acids is 2.